The molecule has 1 aromatic carbocycles. The minimum Gasteiger partial charge on any atom is -0.279 e. The molecule has 0 aliphatic rings. The molecule has 0 saturated carbocycles. The van der Waals surface area contributed by atoms with Gasteiger partial charge in [-0.15, -0.1) is 11.3 Å². The molecular weight excluding hydrogens is 339 g/mol. The Morgan fingerprint density at radius 2 is 1.81 bits per heavy atom. The van der Waals surface area contributed by atoms with Crippen molar-refractivity contribution in [3.8, 4) is 0 Å². The Bertz CT molecular complexity index is 888. The lowest BCUT2D eigenvalue weighted by atomic mass is 10.3. The third-order valence-electron chi connectivity index (χ3n) is 2.43. The van der Waals surface area contributed by atoms with Gasteiger partial charge in [0.05, 0.1) is 10.6 Å². The molecule has 6 nitrogen and oxygen atoms in total. The molecule has 0 atom stereocenters. The lowest BCUT2D eigenvalue weighted by molar-refractivity contribution is 0.591. The van der Waals surface area contributed by atoms with Crippen LogP contribution >= 0.6 is 11.3 Å². The molecule has 0 aliphatic heterocycles. The highest BCUT2D eigenvalue weighted by Gasteiger charge is 2.18. The Morgan fingerprint density at radius 1 is 1.14 bits per heavy atom. The lowest BCUT2D eigenvalue weighted by Crippen LogP contribution is -2.15. The summed E-state index contributed by atoms with van der Waals surface area (Å²) in [4.78, 5) is 0.280. The molecule has 0 saturated heterocycles. The van der Waals surface area contributed by atoms with E-state index in [1.54, 1.807) is 13.0 Å². The maximum atomic E-state index is 13.4. The number of sulfonamides is 2. The van der Waals surface area contributed by atoms with Gasteiger partial charge in [-0.2, -0.15) is 0 Å². The first kappa shape index (κ1) is 15.9. The predicted molar refractivity (Wildman–Crippen MR) is 77.6 cm³/mol. The van der Waals surface area contributed by atoms with Gasteiger partial charge >= 0.3 is 0 Å². The molecule has 0 unspecified atom stereocenters. The molecule has 2 aromatic rings. The summed E-state index contributed by atoms with van der Waals surface area (Å²) in [5, 5.41) is 4.90. The van der Waals surface area contributed by atoms with Gasteiger partial charge in [0.15, 0.2) is 0 Å². The third kappa shape index (κ3) is 3.79. The highest BCUT2D eigenvalue weighted by molar-refractivity contribution is 7.94. The number of thiophene rings is 1. The molecular formula is C11H11FN2O4S3. The average molecular weight is 350 g/mol. The van der Waals surface area contributed by atoms with Crippen molar-refractivity contribution in [2.45, 2.75) is 16.0 Å². The van der Waals surface area contributed by atoms with Crippen molar-refractivity contribution < 1.29 is 21.2 Å². The minimum absolute atomic E-state index is 0.0430. The number of benzene rings is 1. The van der Waals surface area contributed by atoms with E-state index in [0.717, 1.165) is 28.3 Å². The van der Waals surface area contributed by atoms with E-state index in [1.807, 2.05) is 0 Å². The van der Waals surface area contributed by atoms with Gasteiger partial charge in [-0.1, -0.05) is 0 Å². The normalized spacial score (nSPS) is 12.3. The summed E-state index contributed by atoms with van der Waals surface area (Å²) in [6.07, 6.45) is 0. The topological polar surface area (TPSA) is 106 Å². The van der Waals surface area contributed by atoms with Crippen molar-refractivity contribution >= 4 is 37.1 Å². The first-order chi connectivity index (χ1) is 9.58. The van der Waals surface area contributed by atoms with Crippen molar-refractivity contribution in [3.05, 3.63) is 41.0 Å². The zero-order chi connectivity index (χ0) is 15.8. The number of hydrogen-bond acceptors (Lipinski definition) is 5. The Kier molecular flexibility index (Phi) is 4.06. The summed E-state index contributed by atoms with van der Waals surface area (Å²) < 4.78 is 62.1. The fourth-order valence-corrected chi connectivity index (χ4v) is 4.44. The van der Waals surface area contributed by atoms with Crippen molar-refractivity contribution in [2.75, 3.05) is 4.72 Å². The molecule has 3 N–H and O–H groups in total. The molecule has 1 heterocycles. The highest BCUT2D eigenvalue weighted by Crippen LogP contribution is 2.25. The lowest BCUT2D eigenvalue weighted by Gasteiger charge is -2.08. The van der Waals surface area contributed by atoms with Gasteiger partial charge in [-0.05, 0) is 37.3 Å². The van der Waals surface area contributed by atoms with Gasteiger partial charge in [0, 0.05) is 4.88 Å². The molecule has 2 rings (SSSR count). The zero-order valence-electron chi connectivity index (χ0n) is 10.7. The van der Waals surface area contributed by atoms with Crippen LogP contribution in [0.15, 0.2) is 39.4 Å². The maximum Gasteiger partial charge on any atom is 0.271 e. The number of halogens is 1. The smallest absolute Gasteiger partial charge is 0.271 e. The summed E-state index contributed by atoms with van der Waals surface area (Å²) in [5.41, 5.74) is -0.218. The van der Waals surface area contributed by atoms with E-state index < -0.39 is 30.8 Å². The van der Waals surface area contributed by atoms with Crippen LogP contribution in [0.2, 0.25) is 0 Å². The summed E-state index contributed by atoms with van der Waals surface area (Å²) >= 11 is 1.04. The van der Waals surface area contributed by atoms with Crippen molar-refractivity contribution in [2.24, 2.45) is 5.14 Å². The molecule has 114 valence electrons. The van der Waals surface area contributed by atoms with E-state index in [2.05, 4.69) is 4.72 Å². The second-order valence-corrected chi connectivity index (χ2v) is 8.95. The summed E-state index contributed by atoms with van der Waals surface area (Å²) in [6.45, 7) is 1.74. The second kappa shape index (κ2) is 5.37. The maximum absolute atomic E-state index is 13.4. The fraction of sp³-hybridized carbons (Fsp3) is 0.0909. The van der Waals surface area contributed by atoms with Crippen LogP contribution in [0.3, 0.4) is 0 Å². The van der Waals surface area contributed by atoms with Gasteiger partial charge in [0.2, 0.25) is 10.0 Å². The molecule has 0 aliphatic carbocycles. The summed E-state index contributed by atoms with van der Waals surface area (Å²) in [7, 11) is -8.04. The van der Waals surface area contributed by atoms with Gasteiger partial charge < -0.3 is 0 Å². The number of nitrogens with two attached hydrogens (primary N) is 1. The van der Waals surface area contributed by atoms with Crippen molar-refractivity contribution in [1.29, 1.82) is 0 Å². The molecule has 0 spiro atoms. The largest absolute Gasteiger partial charge is 0.279 e. The fourth-order valence-electron chi connectivity index (χ4n) is 1.55. The highest BCUT2D eigenvalue weighted by atomic mass is 32.2. The summed E-state index contributed by atoms with van der Waals surface area (Å²) in [5.74, 6) is -0.915. The van der Waals surface area contributed by atoms with Gasteiger partial charge in [-0.25, -0.2) is 26.4 Å². The Hall–Kier alpha value is -1.49. The molecule has 0 bridgehead atoms. The van der Waals surface area contributed by atoms with E-state index in [0.29, 0.717) is 6.07 Å². The van der Waals surface area contributed by atoms with Gasteiger partial charge in [0.1, 0.15) is 10.0 Å². The van der Waals surface area contributed by atoms with Gasteiger partial charge in [-0.3, -0.25) is 4.72 Å². The Balaban J connectivity index is 2.42. The van der Waals surface area contributed by atoms with Crippen LogP contribution in [-0.2, 0) is 20.0 Å². The van der Waals surface area contributed by atoms with Crippen LogP contribution in [0.1, 0.15) is 4.88 Å². The summed E-state index contributed by atoms with van der Waals surface area (Å²) in [6, 6.07) is 5.56. The standard InChI is InChI=1S/C11H11FN2O4S3/c1-7-2-3-11(19-7)21(17,18)14-9-4-8(12)5-10(6-9)20(13,15)16/h2-6,14H,1H3,(H2,13,15,16). The van der Waals surface area contributed by atoms with E-state index >= 15 is 0 Å². The second-order valence-electron chi connectivity index (χ2n) is 4.19. The number of aryl methyl sites for hydroxylation is 1. The quantitative estimate of drug-likeness (QED) is 0.874. The molecule has 1 aromatic heterocycles. The third-order valence-corrected chi connectivity index (χ3v) is 6.20. The van der Waals surface area contributed by atoms with Crippen LogP contribution < -0.4 is 9.86 Å². The van der Waals surface area contributed by atoms with E-state index in [-0.39, 0.29) is 9.90 Å². The van der Waals surface area contributed by atoms with E-state index in [1.165, 1.54) is 6.07 Å². The number of anilines is 1. The molecule has 0 radical (unpaired) electrons. The van der Waals surface area contributed by atoms with E-state index in [4.69, 9.17) is 5.14 Å². The number of rotatable bonds is 4. The minimum atomic E-state index is -4.14. The molecule has 0 fully saturated rings. The molecule has 0 amide bonds. The van der Waals surface area contributed by atoms with Crippen LogP contribution in [0.25, 0.3) is 0 Å². The predicted octanol–water partition coefficient (Wildman–Crippen LogP) is 1.64. The van der Waals surface area contributed by atoms with Crippen molar-refractivity contribution in [3.63, 3.8) is 0 Å². The first-order valence-electron chi connectivity index (χ1n) is 5.50. The number of hydrogen-bond donors (Lipinski definition) is 2. The number of primary sulfonamides is 1. The Morgan fingerprint density at radius 3 is 2.33 bits per heavy atom. The number of nitrogens with one attached hydrogen (secondary N) is 1. The van der Waals surface area contributed by atoms with Gasteiger partial charge in [0.25, 0.3) is 10.0 Å². The van der Waals surface area contributed by atoms with Crippen LogP contribution in [0.4, 0.5) is 10.1 Å². The molecule has 10 heteroatoms. The Labute approximate surface area is 125 Å². The van der Waals surface area contributed by atoms with Crippen LogP contribution in [0, 0.1) is 12.7 Å². The van der Waals surface area contributed by atoms with Crippen LogP contribution in [-0.4, -0.2) is 16.8 Å². The molecule has 21 heavy (non-hydrogen) atoms. The zero-order valence-corrected chi connectivity index (χ0v) is 13.1. The monoisotopic (exact) mass is 350 g/mol. The van der Waals surface area contributed by atoms with E-state index in [9.17, 15) is 21.2 Å². The first-order valence-corrected chi connectivity index (χ1v) is 9.35. The average Bonchev–Trinajstić information content (AvgIpc) is 2.74. The van der Waals surface area contributed by atoms with Crippen LogP contribution in [0.5, 0.6) is 0 Å². The SMILES string of the molecule is Cc1ccc(S(=O)(=O)Nc2cc(F)cc(S(N)(=O)=O)c2)s1. The van der Waals surface area contributed by atoms with Crippen molar-refractivity contribution in [1.82, 2.24) is 0 Å².